The van der Waals surface area contributed by atoms with Crippen molar-refractivity contribution in [1.29, 1.82) is 0 Å². The van der Waals surface area contributed by atoms with Gasteiger partial charge in [0, 0.05) is 12.0 Å². The Balaban J connectivity index is 2.04. The van der Waals surface area contributed by atoms with Crippen molar-refractivity contribution in [3.8, 4) is 5.75 Å². The molecule has 0 spiro atoms. The second-order valence-electron chi connectivity index (χ2n) is 4.59. The van der Waals surface area contributed by atoms with Gasteiger partial charge in [-0.15, -0.1) is 0 Å². The number of hydrogen-bond acceptors (Lipinski definition) is 4. The molecule has 0 amide bonds. The zero-order valence-electron chi connectivity index (χ0n) is 11.8. The Kier molecular flexibility index (Phi) is 5.29. The van der Waals surface area contributed by atoms with Gasteiger partial charge in [-0.25, -0.2) is 0 Å². The molecule has 0 unspecified atom stereocenters. The highest BCUT2D eigenvalue weighted by atomic mass is 16.6. The van der Waals surface area contributed by atoms with Crippen LogP contribution in [0, 0.1) is 10.1 Å². The first-order chi connectivity index (χ1) is 10.2. The molecule has 0 aliphatic heterocycles. The van der Waals surface area contributed by atoms with Crippen LogP contribution in [0.2, 0.25) is 0 Å². The molecule has 1 atom stereocenters. The van der Waals surface area contributed by atoms with E-state index in [-0.39, 0.29) is 11.5 Å². The summed E-state index contributed by atoms with van der Waals surface area (Å²) >= 11 is 0. The van der Waals surface area contributed by atoms with Crippen LogP contribution in [-0.4, -0.2) is 18.6 Å². The van der Waals surface area contributed by atoms with Gasteiger partial charge in [0.25, 0.3) is 0 Å². The Labute approximate surface area is 123 Å². The largest absolute Gasteiger partial charge is 0.489 e. The van der Waals surface area contributed by atoms with Gasteiger partial charge in [-0.3, -0.25) is 10.1 Å². The zero-order chi connectivity index (χ0) is 15.1. The second kappa shape index (κ2) is 7.40. The van der Waals surface area contributed by atoms with Crippen molar-refractivity contribution in [3.05, 3.63) is 75.8 Å². The number of hydrogen-bond donors (Lipinski definition) is 0. The minimum atomic E-state index is -0.569. The van der Waals surface area contributed by atoms with E-state index in [4.69, 9.17) is 9.47 Å². The van der Waals surface area contributed by atoms with Gasteiger partial charge >= 0.3 is 0 Å². The highest BCUT2D eigenvalue weighted by Crippen LogP contribution is 2.22. The van der Waals surface area contributed by atoms with Gasteiger partial charge < -0.3 is 9.47 Å². The molecule has 5 nitrogen and oxygen atoms in total. The first-order valence-electron chi connectivity index (χ1n) is 6.60. The lowest BCUT2D eigenvalue weighted by atomic mass is 10.1. The highest BCUT2D eigenvalue weighted by Gasteiger charge is 2.17. The van der Waals surface area contributed by atoms with E-state index in [0.717, 1.165) is 11.1 Å². The minimum Gasteiger partial charge on any atom is -0.489 e. The van der Waals surface area contributed by atoms with Crippen LogP contribution in [-0.2, 0) is 11.3 Å². The summed E-state index contributed by atoms with van der Waals surface area (Å²) in [6.07, 6.45) is -0.569. The Bertz CT molecular complexity index is 586. The quantitative estimate of drug-likeness (QED) is 0.579. The molecule has 2 rings (SSSR count). The van der Waals surface area contributed by atoms with E-state index in [2.05, 4.69) is 0 Å². The Morgan fingerprint density at radius 3 is 2.57 bits per heavy atom. The van der Waals surface area contributed by atoms with E-state index >= 15 is 0 Å². The lowest BCUT2D eigenvalue weighted by Crippen LogP contribution is -2.14. The summed E-state index contributed by atoms with van der Waals surface area (Å²) in [5.41, 5.74) is 1.80. The van der Waals surface area contributed by atoms with Crippen molar-refractivity contribution in [2.75, 3.05) is 13.7 Å². The summed E-state index contributed by atoms with van der Waals surface area (Å²) in [6.45, 7) is 0.190. The Hall–Kier alpha value is -2.40. The number of methoxy groups -OCH3 is 1. The number of nitrogens with zero attached hydrogens (tertiary/aromatic N) is 1. The molecule has 110 valence electrons. The summed E-state index contributed by atoms with van der Waals surface area (Å²) in [6, 6.07) is 17.0. The minimum absolute atomic E-state index is 0.265. The molecule has 0 aliphatic rings. The van der Waals surface area contributed by atoms with E-state index in [1.54, 1.807) is 12.1 Å². The molecule has 0 bridgehead atoms. The first kappa shape index (κ1) is 15.0. The Morgan fingerprint density at radius 2 is 1.90 bits per heavy atom. The summed E-state index contributed by atoms with van der Waals surface area (Å²) in [7, 11) is 1.46. The molecule has 0 N–H and O–H groups in total. The van der Waals surface area contributed by atoms with Gasteiger partial charge in [-0.1, -0.05) is 42.5 Å². The van der Waals surface area contributed by atoms with E-state index in [1.807, 2.05) is 42.5 Å². The van der Waals surface area contributed by atoms with E-state index < -0.39 is 6.10 Å². The maximum absolute atomic E-state index is 10.6. The topological polar surface area (TPSA) is 61.6 Å². The molecule has 0 heterocycles. The molecule has 0 saturated carbocycles. The molecule has 0 aromatic heterocycles. The maximum Gasteiger partial charge on any atom is 0.233 e. The molecule has 5 heteroatoms. The standard InChI is InChI=1S/C16H17NO4/c1-20-16(11-17(18)19)14-8-5-9-15(10-14)21-12-13-6-3-2-4-7-13/h2-10,16H,11-12H2,1H3/t16-/m0/s1. The van der Waals surface area contributed by atoms with Crippen LogP contribution in [0.25, 0.3) is 0 Å². The van der Waals surface area contributed by atoms with Crippen LogP contribution < -0.4 is 4.74 Å². The number of rotatable bonds is 7. The molecule has 0 saturated heterocycles. The van der Waals surface area contributed by atoms with Crippen molar-refractivity contribution in [2.45, 2.75) is 12.7 Å². The molecule has 2 aromatic carbocycles. The average molecular weight is 287 g/mol. The van der Waals surface area contributed by atoms with E-state index in [9.17, 15) is 10.1 Å². The third-order valence-corrected chi connectivity index (χ3v) is 3.08. The average Bonchev–Trinajstić information content (AvgIpc) is 2.52. The zero-order valence-corrected chi connectivity index (χ0v) is 11.8. The normalized spacial score (nSPS) is 11.9. The fourth-order valence-corrected chi connectivity index (χ4v) is 2.00. The van der Waals surface area contributed by atoms with E-state index in [0.29, 0.717) is 12.4 Å². The van der Waals surface area contributed by atoms with Crippen molar-refractivity contribution in [1.82, 2.24) is 0 Å². The van der Waals surface area contributed by atoms with E-state index in [1.165, 1.54) is 7.11 Å². The molecule has 2 aromatic rings. The summed E-state index contributed by atoms with van der Waals surface area (Å²) in [5, 5.41) is 10.6. The predicted octanol–water partition coefficient (Wildman–Crippen LogP) is 3.23. The van der Waals surface area contributed by atoms with Crippen LogP contribution in [0.5, 0.6) is 5.75 Å². The lowest BCUT2D eigenvalue weighted by molar-refractivity contribution is -0.492. The third kappa shape index (κ3) is 4.57. The summed E-state index contributed by atoms with van der Waals surface area (Å²) < 4.78 is 10.9. The number of benzene rings is 2. The fourth-order valence-electron chi connectivity index (χ4n) is 2.00. The summed E-state index contributed by atoms with van der Waals surface area (Å²) in [5.74, 6) is 0.668. The summed E-state index contributed by atoms with van der Waals surface area (Å²) in [4.78, 5) is 10.2. The Morgan fingerprint density at radius 1 is 1.14 bits per heavy atom. The molecular weight excluding hydrogens is 270 g/mol. The van der Waals surface area contributed by atoms with Crippen molar-refractivity contribution in [3.63, 3.8) is 0 Å². The van der Waals surface area contributed by atoms with Crippen LogP contribution in [0.3, 0.4) is 0 Å². The second-order valence-corrected chi connectivity index (χ2v) is 4.59. The van der Waals surface area contributed by atoms with Crippen molar-refractivity contribution in [2.24, 2.45) is 0 Å². The lowest BCUT2D eigenvalue weighted by Gasteiger charge is -2.13. The monoisotopic (exact) mass is 287 g/mol. The van der Waals surface area contributed by atoms with Gasteiger partial charge in [-0.05, 0) is 23.3 Å². The molecular formula is C16H17NO4. The van der Waals surface area contributed by atoms with Crippen LogP contribution in [0.1, 0.15) is 17.2 Å². The number of ether oxygens (including phenoxy) is 2. The SMILES string of the molecule is CO[C@@H](C[N+](=O)[O-])c1cccc(OCc2ccccc2)c1. The maximum atomic E-state index is 10.6. The van der Waals surface area contributed by atoms with Gasteiger partial charge in [0.1, 0.15) is 18.5 Å². The van der Waals surface area contributed by atoms with Gasteiger partial charge in [0.05, 0.1) is 0 Å². The highest BCUT2D eigenvalue weighted by molar-refractivity contribution is 5.30. The van der Waals surface area contributed by atoms with Crippen molar-refractivity contribution < 1.29 is 14.4 Å². The van der Waals surface area contributed by atoms with Crippen LogP contribution in [0.4, 0.5) is 0 Å². The first-order valence-corrected chi connectivity index (χ1v) is 6.60. The van der Waals surface area contributed by atoms with Crippen LogP contribution in [0.15, 0.2) is 54.6 Å². The predicted molar refractivity (Wildman–Crippen MR) is 78.8 cm³/mol. The molecule has 0 aliphatic carbocycles. The molecule has 0 fully saturated rings. The molecule has 0 radical (unpaired) electrons. The fraction of sp³-hybridized carbons (Fsp3) is 0.250. The van der Waals surface area contributed by atoms with Crippen LogP contribution >= 0.6 is 0 Å². The van der Waals surface area contributed by atoms with Crippen molar-refractivity contribution >= 4 is 0 Å². The molecule has 21 heavy (non-hydrogen) atoms. The smallest absolute Gasteiger partial charge is 0.233 e. The van der Waals surface area contributed by atoms with Gasteiger partial charge in [0.15, 0.2) is 0 Å². The van der Waals surface area contributed by atoms with Gasteiger partial charge in [-0.2, -0.15) is 0 Å². The third-order valence-electron chi connectivity index (χ3n) is 3.08. The van der Waals surface area contributed by atoms with Gasteiger partial charge in [0.2, 0.25) is 6.54 Å². The number of nitro groups is 1.